The van der Waals surface area contributed by atoms with Gasteiger partial charge in [-0.05, 0) is 30.5 Å². The molecule has 17 heavy (non-hydrogen) atoms. The van der Waals surface area contributed by atoms with Gasteiger partial charge in [-0.25, -0.2) is 0 Å². The van der Waals surface area contributed by atoms with Crippen LogP contribution in [0.1, 0.15) is 24.8 Å². The molecule has 0 aliphatic heterocycles. The van der Waals surface area contributed by atoms with E-state index in [0.29, 0.717) is 18.2 Å². The first-order valence-corrected chi connectivity index (χ1v) is 5.89. The SMILES string of the molecule is N#CCCN(Cc1ccc(O)c(N)c1)C1CC1. The molecule has 0 atom stereocenters. The summed E-state index contributed by atoms with van der Waals surface area (Å²) < 4.78 is 0. The molecule has 3 N–H and O–H groups in total. The summed E-state index contributed by atoms with van der Waals surface area (Å²) >= 11 is 0. The van der Waals surface area contributed by atoms with Crippen LogP contribution in [0.2, 0.25) is 0 Å². The zero-order chi connectivity index (χ0) is 12.3. The van der Waals surface area contributed by atoms with Crippen molar-refractivity contribution in [3.8, 4) is 11.8 Å². The van der Waals surface area contributed by atoms with Crippen LogP contribution in [-0.2, 0) is 6.54 Å². The second-order valence-corrected chi connectivity index (χ2v) is 4.50. The predicted octanol–water partition coefficient (Wildman–Crippen LogP) is 1.85. The zero-order valence-corrected chi connectivity index (χ0v) is 9.76. The van der Waals surface area contributed by atoms with E-state index in [1.807, 2.05) is 6.07 Å². The highest BCUT2D eigenvalue weighted by Crippen LogP contribution is 2.29. The molecule has 1 fully saturated rings. The Morgan fingerprint density at radius 1 is 1.47 bits per heavy atom. The maximum Gasteiger partial charge on any atom is 0.138 e. The molecular weight excluding hydrogens is 214 g/mol. The molecule has 0 saturated heterocycles. The lowest BCUT2D eigenvalue weighted by atomic mass is 10.1. The van der Waals surface area contributed by atoms with Gasteiger partial charge in [-0.2, -0.15) is 5.26 Å². The molecule has 1 aromatic carbocycles. The maximum absolute atomic E-state index is 9.36. The molecular formula is C13H17N3O. The molecule has 0 spiro atoms. The smallest absolute Gasteiger partial charge is 0.138 e. The molecule has 1 aliphatic rings. The van der Waals surface area contributed by atoms with E-state index in [1.54, 1.807) is 12.1 Å². The van der Waals surface area contributed by atoms with Gasteiger partial charge in [0.25, 0.3) is 0 Å². The predicted molar refractivity (Wildman–Crippen MR) is 66.2 cm³/mol. The monoisotopic (exact) mass is 231 g/mol. The Labute approximate surface area is 101 Å². The van der Waals surface area contributed by atoms with Gasteiger partial charge < -0.3 is 10.8 Å². The van der Waals surface area contributed by atoms with Gasteiger partial charge in [-0.1, -0.05) is 6.07 Å². The third-order valence-corrected chi connectivity index (χ3v) is 3.05. The van der Waals surface area contributed by atoms with Crippen molar-refractivity contribution in [3.63, 3.8) is 0 Å². The number of aromatic hydroxyl groups is 1. The first-order valence-electron chi connectivity index (χ1n) is 5.89. The van der Waals surface area contributed by atoms with Crippen molar-refractivity contribution in [2.45, 2.75) is 31.8 Å². The van der Waals surface area contributed by atoms with E-state index < -0.39 is 0 Å². The van der Waals surface area contributed by atoms with Crippen molar-refractivity contribution in [1.29, 1.82) is 5.26 Å². The molecule has 4 heteroatoms. The van der Waals surface area contributed by atoms with Crippen LogP contribution >= 0.6 is 0 Å². The van der Waals surface area contributed by atoms with Crippen LogP contribution in [0, 0.1) is 11.3 Å². The molecule has 4 nitrogen and oxygen atoms in total. The number of phenolic OH excluding ortho intramolecular Hbond substituents is 1. The molecule has 0 amide bonds. The molecule has 1 aromatic rings. The summed E-state index contributed by atoms with van der Waals surface area (Å²) in [7, 11) is 0. The minimum absolute atomic E-state index is 0.128. The summed E-state index contributed by atoms with van der Waals surface area (Å²) in [4.78, 5) is 2.31. The van der Waals surface area contributed by atoms with E-state index in [9.17, 15) is 5.11 Å². The zero-order valence-electron chi connectivity index (χ0n) is 9.76. The van der Waals surface area contributed by atoms with Crippen LogP contribution < -0.4 is 5.73 Å². The van der Waals surface area contributed by atoms with Gasteiger partial charge in [0, 0.05) is 25.6 Å². The van der Waals surface area contributed by atoms with Crippen molar-refractivity contribution < 1.29 is 5.11 Å². The number of hydrogen-bond donors (Lipinski definition) is 2. The van der Waals surface area contributed by atoms with Crippen molar-refractivity contribution >= 4 is 5.69 Å². The maximum atomic E-state index is 9.36. The summed E-state index contributed by atoms with van der Waals surface area (Å²) in [5, 5.41) is 18.0. The van der Waals surface area contributed by atoms with Crippen LogP contribution in [0.3, 0.4) is 0 Å². The molecule has 0 aromatic heterocycles. The van der Waals surface area contributed by atoms with Gasteiger partial charge in [0.15, 0.2) is 0 Å². The van der Waals surface area contributed by atoms with Gasteiger partial charge in [-0.3, -0.25) is 4.90 Å². The Bertz CT molecular complexity index is 435. The number of benzene rings is 1. The Balaban J connectivity index is 2.01. The highest BCUT2D eigenvalue weighted by molar-refractivity contribution is 5.53. The molecule has 1 aliphatic carbocycles. The van der Waals surface area contributed by atoms with E-state index in [0.717, 1.165) is 18.7 Å². The van der Waals surface area contributed by atoms with Crippen molar-refractivity contribution in [3.05, 3.63) is 23.8 Å². The van der Waals surface area contributed by atoms with Gasteiger partial charge in [-0.15, -0.1) is 0 Å². The Hall–Kier alpha value is -1.73. The Kier molecular flexibility index (Phi) is 3.50. The van der Waals surface area contributed by atoms with Gasteiger partial charge in [0.2, 0.25) is 0 Å². The summed E-state index contributed by atoms with van der Waals surface area (Å²) in [6.07, 6.45) is 3.00. The number of anilines is 1. The molecule has 1 saturated carbocycles. The highest BCUT2D eigenvalue weighted by atomic mass is 16.3. The van der Waals surface area contributed by atoms with Crippen molar-refractivity contribution in [2.24, 2.45) is 0 Å². The lowest BCUT2D eigenvalue weighted by Crippen LogP contribution is -2.26. The average Bonchev–Trinajstić information content (AvgIpc) is 3.13. The van der Waals surface area contributed by atoms with Crippen molar-refractivity contribution in [1.82, 2.24) is 4.90 Å². The minimum atomic E-state index is 0.128. The summed E-state index contributed by atoms with van der Waals surface area (Å²) in [6, 6.07) is 8.11. The lowest BCUT2D eigenvalue weighted by molar-refractivity contribution is 0.261. The first-order chi connectivity index (χ1) is 8.20. The summed E-state index contributed by atoms with van der Waals surface area (Å²) in [5.74, 6) is 0.128. The van der Waals surface area contributed by atoms with E-state index >= 15 is 0 Å². The van der Waals surface area contributed by atoms with Gasteiger partial charge in [0.1, 0.15) is 5.75 Å². The number of phenols is 1. The first kappa shape index (κ1) is 11.7. The molecule has 0 heterocycles. The summed E-state index contributed by atoms with van der Waals surface area (Å²) in [6.45, 7) is 1.61. The topological polar surface area (TPSA) is 73.3 Å². The van der Waals surface area contributed by atoms with E-state index in [1.165, 1.54) is 12.8 Å². The molecule has 0 unspecified atom stereocenters. The highest BCUT2D eigenvalue weighted by Gasteiger charge is 2.28. The minimum Gasteiger partial charge on any atom is -0.506 e. The second kappa shape index (κ2) is 5.07. The molecule has 0 bridgehead atoms. The fourth-order valence-electron chi connectivity index (χ4n) is 1.96. The number of rotatable bonds is 5. The van der Waals surface area contributed by atoms with E-state index in [-0.39, 0.29) is 5.75 Å². The number of nitrogens with two attached hydrogens (primary N) is 1. The number of nitrogen functional groups attached to an aromatic ring is 1. The molecule has 90 valence electrons. The van der Waals surface area contributed by atoms with E-state index in [4.69, 9.17) is 11.0 Å². The van der Waals surface area contributed by atoms with E-state index in [2.05, 4.69) is 11.0 Å². The normalized spacial score (nSPS) is 14.8. The van der Waals surface area contributed by atoms with Crippen LogP contribution in [0.25, 0.3) is 0 Å². The number of nitriles is 1. The van der Waals surface area contributed by atoms with Crippen LogP contribution in [0.5, 0.6) is 5.75 Å². The van der Waals surface area contributed by atoms with Crippen LogP contribution in [0.4, 0.5) is 5.69 Å². The van der Waals surface area contributed by atoms with Gasteiger partial charge in [0.05, 0.1) is 11.8 Å². The number of hydrogen-bond acceptors (Lipinski definition) is 4. The lowest BCUT2D eigenvalue weighted by Gasteiger charge is -2.20. The standard InChI is InChI=1S/C13H17N3O/c14-6-1-7-16(11-3-4-11)9-10-2-5-13(17)12(15)8-10/h2,5,8,11,17H,1,3-4,7,9,15H2. The third-order valence-electron chi connectivity index (χ3n) is 3.05. The van der Waals surface area contributed by atoms with Crippen LogP contribution in [-0.4, -0.2) is 22.6 Å². The Morgan fingerprint density at radius 2 is 2.24 bits per heavy atom. The average molecular weight is 231 g/mol. The second-order valence-electron chi connectivity index (χ2n) is 4.50. The van der Waals surface area contributed by atoms with Gasteiger partial charge >= 0.3 is 0 Å². The Morgan fingerprint density at radius 3 is 2.82 bits per heavy atom. The fourth-order valence-corrected chi connectivity index (χ4v) is 1.96. The largest absolute Gasteiger partial charge is 0.506 e. The van der Waals surface area contributed by atoms with Crippen LogP contribution in [0.15, 0.2) is 18.2 Å². The third kappa shape index (κ3) is 3.11. The number of nitrogens with zero attached hydrogens (tertiary/aromatic N) is 2. The molecule has 2 rings (SSSR count). The fraction of sp³-hybridized carbons (Fsp3) is 0.462. The van der Waals surface area contributed by atoms with Crippen molar-refractivity contribution in [2.75, 3.05) is 12.3 Å². The summed E-state index contributed by atoms with van der Waals surface area (Å²) in [5.41, 5.74) is 7.17. The quantitative estimate of drug-likeness (QED) is 0.599. The molecule has 0 radical (unpaired) electrons.